The van der Waals surface area contributed by atoms with Gasteiger partial charge in [-0.2, -0.15) is 17.0 Å². The van der Waals surface area contributed by atoms with Crippen molar-refractivity contribution in [2.24, 2.45) is 11.7 Å². The molecule has 0 spiro atoms. The van der Waals surface area contributed by atoms with Gasteiger partial charge >= 0.3 is 0 Å². The molecule has 1 aliphatic heterocycles. The molecule has 0 aromatic rings. The largest absolute Gasteiger partial charge is 0.330 e. The van der Waals surface area contributed by atoms with E-state index in [4.69, 9.17) is 5.73 Å². The second-order valence-electron chi connectivity index (χ2n) is 5.90. The van der Waals surface area contributed by atoms with Crippen molar-refractivity contribution in [1.82, 2.24) is 13.5 Å². The molecule has 0 radical (unpaired) electrons. The Morgan fingerprint density at radius 2 is 1.85 bits per heavy atom. The molecule has 1 aliphatic rings. The third-order valence-electron chi connectivity index (χ3n) is 3.96. The second kappa shape index (κ2) is 7.70. The van der Waals surface area contributed by atoms with Crippen LogP contribution in [0.4, 0.5) is 0 Å². The number of hydrogen-bond acceptors (Lipinski definition) is 4. The van der Waals surface area contributed by atoms with E-state index in [-0.39, 0.29) is 6.04 Å². The van der Waals surface area contributed by atoms with Crippen molar-refractivity contribution < 1.29 is 8.42 Å². The van der Waals surface area contributed by atoms with Crippen molar-refractivity contribution in [3.05, 3.63) is 0 Å². The lowest BCUT2D eigenvalue weighted by atomic mass is 9.99. The van der Waals surface area contributed by atoms with Gasteiger partial charge < -0.3 is 10.6 Å². The highest BCUT2D eigenvalue weighted by atomic mass is 32.2. The van der Waals surface area contributed by atoms with Gasteiger partial charge in [-0.15, -0.1) is 0 Å². The van der Waals surface area contributed by atoms with E-state index in [1.165, 1.54) is 0 Å². The Kier molecular flexibility index (Phi) is 6.87. The lowest BCUT2D eigenvalue weighted by molar-refractivity contribution is 0.227. The van der Waals surface area contributed by atoms with Gasteiger partial charge in [0.1, 0.15) is 0 Å². The van der Waals surface area contributed by atoms with Gasteiger partial charge in [0, 0.05) is 32.2 Å². The lowest BCUT2D eigenvalue weighted by Crippen LogP contribution is -2.52. The standard InChI is InChI=1S/C13H30N4O2S/c1-5-17(12(2)11-15(3)4)20(18,19)16-8-6-13(10-14)7-9-16/h12-13H,5-11,14H2,1-4H3. The van der Waals surface area contributed by atoms with E-state index in [1.54, 1.807) is 8.61 Å². The zero-order valence-electron chi connectivity index (χ0n) is 13.2. The fraction of sp³-hybridized carbons (Fsp3) is 1.00. The number of hydrogen-bond donors (Lipinski definition) is 1. The molecule has 0 saturated carbocycles. The highest BCUT2D eigenvalue weighted by Crippen LogP contribution is 2.21. The van der Waals surface area contributed by atoms with Crippen LogP contribution in [0.2, 0.25) is 0 Å². The summed E-state index contributed by atoms with van der Waals surface area (Å²) < 4.78 is 28.7. The van der Waals surface area contributed by atoms with E-state index in [1.807, 2.05) is 32.8 Å². The summed E-state index contributed by atoms with van der Waals surface area (Å²) in [5.41, 5.74) is 5.66. The molecule has 1 fully saturated rings. The highest BCUT2D eigenvalue weighted by molar-refractivity contribution is 7.86. The third kappa shape index (κ3) is 4.39. The molecule has 2 N–H and O–H groups in total. The topological polar surface area (TPSA) is 69.9 Å². The summed E-state index contributed by atoms with van der Waals surface area (Å²) in [6.07, 6.45) is 1.74. The molecule has 1 saturated heterocycles. The van der Waals surface area contributed by atoms with Crippen molar-refractivity contribution in [2.75, 3.05) is 46.8 Å². The van der Waals surface area contributed by atoms with Gasteiger partial charge in [-0.25, -0.2) is 0 Å². The highest BCUT2D eigenvalue weighted by Gasteiger charge is 2.34. The van der Waals surface area contributed by atoms with E-state index in [0.717, 1.165) is 19.4 Å². The molecular weight excluding hydrogens is 276 g/mol. The van der Waals surface area contributed by atoms with Gasteiger partial charge in [-0.05, 0) is 46.3 Å². The fourth-order valence-corrected chi connectivity index (χ4v) is 4.66. The Morgan fingerprint density at radius 1 is 1.30 bits per heavy atom. The van der Waals surface area contributed by atoms with E-state index in [2.05, 4.69) is 0 Å². The normalized spacial score (nSPS) is 20.8. The Balaban J connectivity index is 2.75. The maximum Gasteiger partial charge on any atom is 0.282 e. The number of rotatable bonds is 7. The molecule has 0 bridgehead atoms. The summed E-state index contributed by atoms with van der Waals surface area (Å²) in [6.45, 7) is 6.94. The summed E-state index contributed by atoms with van der Waals surface area (Å²) in [7, 11) is 0.572. The fourth-order valence-electron chi connectivity index (χ4n) is 2.85. The first-order chi connectivity index (χ1) is 9.32. The van der Waals surface area contributed by atoms with Crippen molar-refractivity contribution in [1.29, 1.82) is 0 Å². The predicted octanol–water partition coefficient (Wildman–Crippen LogP) is 0.174. The molecule has 120 valence electrons. The number of nitrogens with two attached hydrogens (primary N) is 1. The van der Waals surface area contributed by atoms with Crippen LogP contribution in [0, 0.1) is 5.92 Å². The van der Waals surface area contributed by atoms with E-state index in [9.17, 15) is 8.42 Å². The van der Waals surface area contributed by atoms with Crippen molar-refractivity contribution in [3.63, 3.8) is 0 Å². The summed E-state index contributed by atoms with van der Waals surface area (Å²) in [5.74, 6) is 0.468. The van der Waals surface area contributed by atoms with Crippen LogP contribution in [-0.4, -0.2) is 74.8 Å². The van der Waals surface area contributed by atoms with Crippen LogP contribution in [0.5, 0.6) is 0 Å². The van der Waals surface area contributed by atoms with Crippen LogP contribution >= 0.6 is 0 Å². The molecule has 0 aliphatic carbocycles. The Morgan fingerprint density at radius 3 is 2.25 bits per heavy atom. The van der Waals surface area contributed by atoms with Crippen LogP contribution in [-0.2, 0) is 10.2 Å². The molecule has 0 aromatic heterocycles. The van der Waals surface area contributed by atoms with Gasteiger partial charge in [0.05, 0.1) is 0 Å². The summed E-state index contributed by atoms with van der Waals surface area (Å²) in [6, 6.07) is -0.0211. The summed E-state index contributed by atoms with van der Waals surface area (Å²) >= 11 is 0. The van der Waals surface area contributed by atoms with E-state index in [0.29, 0.717) is 32.1 Å². The van der Waals surface area contributed by atoms with Crippen LogP contribution in [0.25, 0.3) is 0 Å². The third-order valence-corrected chi connectivity index (χ3v) is 6.19. The molecule has 1 atom stereocenters. The van der Waals surface area contributed by atoms with Crippen molar-refractivity contribution in [3.8, 4) is 0 Å². The molecule has 1 unspecified atom stereocenters. The van der Waals surface area contributed by atoms with Gasteiger partial charge in [0.15, 0.2) is 0 Å². The van der Waals surface area contributed by atoms with E-state index < -0.39 is 10.2 Å². The Hall–Kier alpha value is -0.210. The zero-order valence-corrected chi connectivity index (χ0v) is 14.1. The maximum atomic E-state index is 12.7. The molecule has 20 heavy (non-hydrogen) atoms. The van der Waals surface area contributed by atoms with Crippen molar-refractivity contribution >= 4 is 10.2 Å². The molecule has 6 nitrogen and oxygen atoms in total. The number of piperidine rings is 1. The minimum atomic E-state index is -3.35. The minimum absolute atomic E-state index is 0.0211. The van der Waals surface area contributed by atoms with Crippen LogP contribution in [0.15, 0.2) is 0 Å². The average Bonchev–Trinajstić information content (AvgIpc) is 2.38. The quantitative estimate of drug-likeness (QED) is 0.728. The van der Waals surface area contributed by atoms with Gasteiger partial charge in [-0.3, -0.25) is 0 Å². The predicted molar refractivity (Wildman–Crippen MR) is 82.7 cm³/mol. The molecule has 0 aromatic carbocycles. The number of likely N-dealkylation sites (N-methyl/N-ethyl adjacent to an activating group) is 2. The van der Waals surface area contributed by atoms with Crippen LogP contribution in [0.1, 0.15) is 26.7 Å². The molecule has 7 heteroatoms. The van der Waals surface area contributed by atoms with Crippen LogP contribution < -0.4 is 5.73 Å². The lowest BCUT2D eigenvalue weighted by Gasteiger charge is -2.37. The first-order valence-electron chi connectivity index (χ1n) is 7.44. The summed E-state index contributed by atoms with van der Waals surface area (Å²) in [5, 5.41) is 0. The van der Waals surface area contributed by atoms with Gasteiger partial charge in [0.2, 0.25) is 0 Å². The molecular formula is C13H30N4O2S. The smallest absolute Gasteiger partial charge is 0.282 e. The Labute approximate surface area is 124 Å². The Bertz CT molecular complexity index is 378. The molecule has 1 rings (SSSR count). The van der Waals surface area contributed by atoms with Gasteiger partial charge in [-0.1, -0.05) is 6.92 Å². The molecule has 1 heterocycles. The second-order valence-corrected chi connectivity index (χ2v) is 7.78. The minimum Gasteiger partial charge on any atom is -0.330 e. The van der Waals surface area contributed by atoms with Crippen LogP contribution in [0.3, 0.4) is 0 Å². The zero-order chi connectivity index (χ0) is 15.3. The first-order valence-corrected chi connectivity index (χ1v) is 8.84. The van der Waals surface area contributed by atoms with E-state index >= 15 is 0 Å². The molecule has 0 amide bonds. The van der Waals surface area contributed by atoms with Gasteiger partial charge in [0.25, 0.3) is 10.2 Å². The van der Waals surface area contributed by atoms with Crippen molar-refractivity contribution in [2.45, 2.75) is 32.7 Å². The first kappa shape index (κ1) is 17.8. The monoisotopic (exact) mass is 306 g/mol. The average molecular weight is 306 g/mol. The number of nitrogens with zero attached hydrogens (tertiary/aromatic N) is 3. The summed E-state index contributed by atoms with van der Waals surface area (Å²) in [4.78, 5) is 2.02. The SMILES string of the molecule is CCN(C(C)CN(C)C)S(=O)(=O)N1CCC(CN)CC1. The maximum absolute atomic E-state index is 12.7.